The summed E-state index contributed by atoms with van der Waals surface area (Å²) in [4.78, 5) is 65.1. The summed E-state index contributed by atoms with van der Waals surface area (Å²) in [6.45, 7) is 0.745. The number of amides is 2. The summed E-state index contributed by atoms with van der Waals surface area (Å²) in [5.41, 5.74) is -0.172. The number of benzene rings is 1. The normalized spacial score (nSPS) is 20.9. The van der Waals surface area contributed by atoms with Gasteiger partial charge in [-0.25, -0.2) is 18.8 Å². The van der Waals surface area contributed by atoms with Crippen LogP contribution in [0.4, 0.5) is 14.9 Å². The van der Waals surface area contributed by atoms with Gasteiger partial charge in [-0.05, 0) is 25.0 Å². The van der Waals surface area contributed by atoms with Crippen molar-refractivity contribution in [2.45, 2.75) is 30.7 Å². The molecule has 0 radical (unpaired) electrons. The van der Waals surface area contributed by atoms with Crippen LogP contribution in [0.15, 0.2) is 34.4 Å². The van der Waals surface area contributed by atoms with E-state index >= 15 is 4.39 Å². The molecular formula is C26H25FN4O8S. The summed E-state index contributed by atoms with van der Waals surface area (Å²) in [7, 11) is 0. The largest absolute Gasteiger partial charge is 0.477 e. The van der Waals surface area contributed by atoms with Crippen LogP contribution >= 0.6 is 11.8 Å². The molecule has 210 valence electrons. The van der Waals surface area contributed by atoms with Crippen LogP contribution in [0.3, 0.4) is 0 Å². The van der Waals surface area contributed by atoms with Crippen LogP contribution in [0.25, 0.3) is 10.9 Å². The number of aromatic carboxylic acids is 1. The van der Waals surface area contributed by atoms with Crippen molar-refractivity contribution in [1.82, 2.24) is 14.4 Å². The number of anilines is 1. The SMILES string of the molecule is O=C(O)C1=C(COC(=O)N2CCN(c3cc4c(cc3F)c(=O)c(C(=O)O)cn4C3CC3)CC2)CSC2CC(=O)N12. The van der Waals surface area contributed by atoms with Crippen LogP contribution in [0.2, 0.25) is 0 Å². The van der Waals surface area contributed by atoms with E-state index in [1.165, 1.54) is 27.8 Å². The van der Waals surface area contributed by atoms with E-state index in [0.29, 0.717) is 23.3 Å². The van der Waals surface area contributed by atoms with Gasteiger partial charge in [-0.2, -0.15) is 0 Å². The van der Waals surface area contributed by atoms with Gasteiger partial charge in [0, 0.05) is 55.1 Å². The zero-order valence-corrected chi connectivity index (χ0v) is 22.0. The van der Waals surface area contributed by atoms with Gasteiger partial charge in [0.2, 0.25) is 11.3 Å². The van der Waals surface area contributed by atoms with Crippen molar-refractivity contribution in [1.29, 1.82) is 0 Å². The second-order valence-electron chi connectivity index (χ2n) is 10.2. The first-order valence-electron chi connectivity index (χ1n) is 12.8. The number of thioether (sulfide) groups is 1. The number of fused-ring (bicyclic) bond motifs is 2. The molecule has 4 heterocycles. The van der Waals surface area contributed by atoms with Gasteiger partial charge in [-0.3, -0.25) is 14.5 Å². The van der Waals surface area contributed by atoms with Crippen molar-refractivity contribution in [3.8, 4) is 0 Å². The van der Waals surface area contributed by atoms with Gasteiger partial charge in [-0.15, -0.1) is 11.8 Å². The third-order valence-electron chi connectivity index (χ3n) is 7.65. The van der Waals surface area contributed by atoms with Crippen LogP contribution < -0.4 is 10.3 Å². The number of pyridine rings is 1. The van der Waals surface area contributed by atoms with E-state index in [-0.39, 0.29) is 66.9 Å². The van der Waals surface area contributed by atoms with Gasteiger partial charge in [0.25, 0.3) is 0 Å². The molecule has 3 fully saturated rings. The Kier molecular flexibility index (Phi) is 6.44. The minimum absolute atomic E-state index is 0.0115. The monoisotopic (exact) mass is 572 g/mol. The Morgan fingerprint density at radius 3 is 2.40 bits per heavy atom. The van der Waals surface area contributed by atoms with E-state index in [0.717, 1.165) is 18.9 Å². The number of hydrogen-bond acceptors (Lipinski definition) is 8. The van der Waals surface area contributed by atoms with Crippen LogP contribution in [-0.4, -0.2) is 92.4 Å². The Bertz CT molecular complexity index is 1560. The first-order valence-corrected chi connectivity index (χ1v) is 13.9. The van der Waals surface area contributed by atoms with Crippen LogP contribution in [0.5, 0.6) is 0 Å². The molecule has 1 saturated carbocycles. The molecule has 0 spiro atoms. The summed E-state index contributed by atoms with van der Waals surface area (Å²) >= 11 is 1.43. The van der Waals surface area contributed by atoms with Crippen molar-refractivity contribution >= 4 is 52.3 Å². The van der Waals surface area contributed by atoms with E-state index in [2.05, 4.69) is 0 Å². The molecule has 2 aromatic rings. The summed E-state index contributed by atoms with van der Waals surface area (Å²) in [6.07, 6.45) is 2.65. The van der Waals surface area contributed by atoms with Gasteiger partial charge in [0.15, 0.2) is 0 Å². The standard InChI is InChI=1S/C26H25FN4O8S/c27-17-7-15-18(30(14-1-2-14)10-16(23(15)33)24(34)35)8-19(17)28-3-5-29(6-4-28)26(38)39-11-13-12-40-21-9-20(32)31(21)22(13)25(36)37/h7-8,10,14,21H,1-6,9,11-12H2,(H,34,35)(H,36,37). The number of aromatic nitrogens is 1. The molecule has 1 atom stereocenters. The van der Waals surface area contributed by atoms with Crippen LogP contribution in [0.1, 0.15) is 35.7 Å². The topological polar surface area (TPSA) is 150 Å². The molecule has 6 rings (SSSR count). The molecule has 0 bridgehead atoms. The number of carbonyl (C=O) groups is 4. The molecule has 3 aliphatic heterocycles. The number of ether oxygens (including phenoxy) is 1. The molecule has 4 aliphatic rings. The lowest BCUT2D eigenvalue weighted by Crippen LogP contribution is -2.54. The van der Waals surface area contributed by atoms with E-state index in [9.17, 15) is 34.2 Å². The Morgan fingerprint density at radius 1 is 1.05 bits per heavy atom. The number of piperazine rings is 1. The van der Waals surface area contributed by atoms with E-state index in [1.54, 1.807) is 15.5 Å². The fraction of sp³-hybridized carbons (Fsp3) is 0.423. The molecule has 1 aromatic heterocycles. The fourth-order valence-electron chi connectivity index (χ4n) is 5.37. The highest BCUT2D eigenvalue weighted by Gasteiger charge is 2.45. The number of rotatable bonds is 6. The highest BCUT2D eigenvalue weighted by atomic mass is 32.2. The highest BCUT2D eigenvalue weighted by molar-refractivity contribution is 8.00. The Hall–Kier alpha value is -4.07. The first kappa shape index (κ1) is 26.2. The molecule has 1 unspecified atom stereocenters. The quantitative estimate of drug-likeness (QED) is 0.493. The maximum Gasteiger partial charge on any atom is 0.410 e. The third-order valence-corrected chi connectivity index (χ3v) is 8.93. The van der Waals surface area contributed by atoms with Crippen molar-refractivity contribution in [3.63, 3.8) is 0 Å². The van der Waals surface area contributed by atoms with Crippen LogP contribution in [-0.2, 0) is 14.3 Å². The summed E-state index contributed by atoms with van der Waals surface area (Å²) in [6, 6.07) is 2.70. The highest BCUT2D eigenvalue weighted by Crippen LogP contribution is 2.40. The zero-order chi connectivity index (χ0) is 28.3. The van der Waals surface area contributed by atoms with Crippen molar-refractivity contribution < 1.29 is 38.5 Å². The minimum Gasteiger partial charge on any atom is -0.477 e. The van der Waals surface area contributed by atoms with Gasteiger partial charge >= 0.3 is 18.0 Å². The molecule has 2 saturated heterocycles. The maximum atomic E-state index is 15.2. The van der Waals surface area contributed by atoms with E-state index in [4.69, 9.17) is 4.74 Å². The second kappa shape index (κ2) is 9.84. The smallest absolute Gasteiger partial charge is 0.410 e. The number of nitrogens with zero attached hydrogens (tertiary/aromatic N) is 4. The van der Waals surface area contributed by atoms with Gasteiger partial charge in [-0.1, -0.05) is 0 Å². The lowest BCUT2D eigenvalue weighted by atomic mass is 10.1. The lowest BCUT2D eigenvalue weighted by molar-refractivity contribution is -0.146. The second-order valence-corrected chi connectivity index (χ2v) is 11.3. The van der Waals surface area contributed by atoms with Crippen molar-refractivity contribution in [2.24, 2.45) is 0 Å². The molecular weight excluding hydrogens is 547 g/mol. The van der Waals surface area contributed by atoms with Crippen molar-refractivity contribution in [2.75, 3.05) is 43.4 Å². The molecule has 12 nitrogen and oxygen atoms in total. The Balaban J connectivity index is 1.15. The predicted molar refractivity (Wildman–Crippen MR) is 141 cm³/mol. The number of carbonyl (C=O) groups excluding carboxylic acids is 2. The average molecular weight is 573 g/mol. The number of halogens is 1. The minimum atomic E-state index is -1.36. The zero-order valence-electron chi connectivity index (χ0n) is 21.2. The first-order chi connectivity index (χ1) is 19.1. The molecule has 1 aliphatic carbocycles. The van der Waals surface area contributed by atoms with Crippen LogP contribution in [0, 0.1) is 5.82 Å². The third kappa shape index (κ3) is 4.45. The van der Waals surface area contributed by atoms with Gasteiger partial charge in [0.05, 0.1) is 23.0 Å². The maximum absolute atomic E-state index is 15.2. The lowest BCUT2D eigenvalue weighted by Gasteiger charge is -2.43. The summed E-state index contributed by atoms with van der Waals surface area (Å²) in [5, 5.41) is 18.8. The Labute approximate surface area is 230 Å². The van der Waals surface area contributed by atoms with Crippen molar-refractivity contribution in [3.05, 3.63) is 51.2 Å². The van der Waals surface area contributed by atoms with Gasteiger partial charge in [0.1, 0.15) is 23.7 Å². The number of carboxylic acid groups (broad SMARTS) is 2. The van der Waals surface area contributed by atoms with Gasteiger partial charge < -0.3 is 29.3 Å². The number of hydrogen-bond donors (Lipinski definition) is 2. The summed E-state index contributed by atoms with van der Waals surface area (Å²) in [5.74, 6) is -3.18. The molecule has 40 heavy (non-hydrogen) atoms. The summed E-state index contributed by atoms with van der Waals surface area (Å²) < 4.78 is 22.3. The number of β-lactam (4-membered cyclic amide) rings is 1. The molecule has 2 amide bonds. The predicted octanol–water partition coefficient (Wildman–Crippen LogP) is 2.08. The number of aliphatic carboxylic acids is 1. The Morgan fingerprint density at radius 2 is 1.77 bits per heavy atom. The fourth-order valence-corrected chi connectivity index (χ4v) is 6.61. The molecule has 14 heteroatoms. The average Bonchev–Trinajstić information content (AvgIpc) is 3.76. The molecule has 1 aromatic carbocycles. The number of carboxylic acids is 2. The van der Waals surface area contributed by atoms with E-state index in [1.807, 2.05) is 0 Å². The molecule has 2 N–H and O–H groups in total. The van der Waals surface area contributed by atoms with E-state index < -0.39 is 34.8 Å².